The Morgan fingerprint density at radius 3 is 2.62 bits per heavy atom. The largest absolute Gasteiger partial charge is 0.321 e. The van der Waals surface area contributed by atoms with Gasteiger partial charge in [-0.3, -0.25) is 4.79 Å². The maximum Gasteiger partial charge on any atom is 0.278 e. The Kier molecular flexibility index (Phi) is 4.37. The van der Waals surface area contributed by atoms with Crippen molar-refractivity contribution >= 4 is 11.6 Å². The number of aryl methyl sites for hydroxylation is 1. The number of benzene rings is 2. The molecule has 0 unspecified atom stereocenters. The van der Waals surface area contributed by atoms with E-state index in [4.69, 9.17) is 0 Å². The topological polar surface area (TPSA) is 59.8 Å². The fourth-order valence-corrected chi connectivity index (χ4v) is 2.41. The van der Waals surface area contributed by atoms with Crippen molar-refractivity contribution in [3.05, 3.63) is 71.3 Å². The lowest BCUT2D eigenvalue weighted by Gasteiger charge is -2.06. The number of rotatable bonds is 4. The summed E-state index contributed by atoms with van der Waals surface area (Å²) in [5, 5.41) is 10.7. The smallest absolute Gasteiger partial charge is 0.278 e. The predicted octanol–water partition coefficient (Wildman–Crippen LogP) is 3.53. The van der Waals surface area contributed by atoms with E-state index in [1.807, 2.05) is 24.3 Å². The monoisotopic (exact) mass is 324 g/mol. The molecule has 0 radical (unpaired) electrons. The molecule has 1 heterocycles. The molecule has 5 nitrogen and oxygen atoms in total. The van der Waals surface area contributed by atoms with Gasteiger partial charge in [-0.15, -0.1) is 5.10 Å². The van der Waals surface area contributed by atoms with Gasteiger partial charge in [-0.1, -0.05) is 30.3 Å². The van der Waals surface area contributed by atoms with Gasteiger partial charge in [0.1, 0.15) is 5.82 Å². The molecule has 0 fully saturated rings. The Morgan fingerprint density at radius 1 is 1.21 bits per heavy atom. The second-order valence-electron chi connectivity index (χ2n) is 5.42. The van der Waals surface area contributed by atoms with Gasteiger partial charge in [0.15, 0.2) is 5.69 Å². The Morgan fingerprint density at radius 2 is 1.96 bits per heavy atom. The first-order valence-corrected chi connectivity index (χ1v) is 7.67. The molecule has 6 heteroatoms. The van der Waals surface area contributed by atoms with E-state index in [0.717, 1.165) is 6.42 Å². The fraction of sp³-hybridized carbons (Fsp3) is 0.167. The minimum absolute atomic E-state index is 0.207. The highest BCUT2D eigenvalue weighted by Crippen LogP contribution is 2.16. The van der Waals surface area contributed by atoms with E-state index >= 15 is 0 Å². The van der Waals surface area contributed by atoms with Gasteiger partial charge in [0.2, 0.25) is 0 Å². The lowest BCUT2D eigenvalue weighted by molar-refractivity contribution is 0.102. The second-order valence-corrected chi connectivity index (χ2v) is 5.42. The summed E-state index contributed by atoms with van der Waals surface area (Å²) in [6.07, 6.45) is 0.940. The summed E-state index contributed by atoms with van der Waals surface area (Å²) in [5.74, 6) is -0.719. The van der Waals surface area contributed by atoms with Crippen molar-refractivity contribution in [1.82, 2.24) is 15.0 Å². The second kappa shape index (κ2) is 6.62. The van der Waals surface area contributed by atoms with Crippen LogP contribution in [0.1, 0.15) is 28.7 Å². The summed E-state index contributed by atoms with van der Waals surface area (Å²) in [6.45, 7) is 3.79. The van der Waals surface area contributed by atoms with Crippen LogP contribution in [0.3, 0.4) is 0 Å². The highest BCUT2D eigenvalue weighted by atomic mass is 19.1. The summed E-state index contributed by atoms with van der Waals surface area (Å²) in [4.78, 5) is 12.4. The molecule has 1 amide bonds. The molecular formula is C18H17FN4O. The van der Waals surface area contributed by atoms with Crippen molar-refractivity contribution in [1.29, 1.82) is 0 Å². The minimum Gasteiger partial charge on any atom is -0.321 e. The number of nitrogens with zero attached hydrogens (tertiary/aromatic N) is 3. The zero-order valence-electron chi connectivity index (χ0n) is 13.5. The number of amides is 1. The van der Waals surface area contributed by atoms with Crippen LogP contribution in [0.25, 0.3) is 5.69 Å². The lowest BCUT2D eigenvalue weighted by Crippen LogP contribution is -2.14. The molecule has 0 bridgehead atoms. The van der Waals surface area contributed by atoms with Gasteiger partial charge >= 0.3 is 0 Å². The highest BCUT2D eigenvalue weighted by molar-refractivity contribution is 6.03. The first-order valence-electron chi connectivity index (χ1n) is 7.67. The molecule has 1 aromatic heterocycles. The van der Waals surface area contributed by atoms with Crippen molar-refractivity contribution in [3.63, 3.8) is 0 Å². The summed E-state index contributed by atoms with van der Waals surface area (Å²) >= 11 is 0. The molecule has 3 rings (SSSR count). The molecule has 2 aromatic carbocycles. The van der Waals surface area contributed by atoms with Crippen LogP contribution in [-0.4, -0.2) is 20.9 Å². The molecule has 0 aliphatic heterocycles. The third-order valence-corrected chi connectivity index (χ3v) is 3.78. The van der Waals surface area contributed by atoms with Gasteiger partial charge in [0.05, 0.1) is 11.4 Å². The first-order chi connectivity index (χ1) is 11.6. The predicted molar refractivity (Wildman–Crippen MR) is 89.8 cm³/mol. The number of carbonyl (C=O) groups is 1. The number of aromatic nitrogens is 3. The Bertz CT molecular complexity index is 871. The minimum atomic E-state index is -0.371. The maximum absolute atomic E-state index is 13.4. The normalized spacial score (nSPS) is 10.6. The summed E-state index contributed by atoms with van der Waals surface area (Å²) in [6, 6.07) is 13.6. The van der Waals surface area contributed by atoms with Crippen LogP contribution < -0.4 is 5.32 Å². The quantitative estimate of drug-likeness (QED) is 0.798. The van der Waals surface area contributed by atoms with Gasteiger partial charge in [-0.05, 0) is 49.2 Å². The van der Waals surface area contributed by atoms with Crippen molar-refractivity contribution < 1.29 is 9.18 Å². The zero-order valence-corrected chi connectivity index (χ0v) is 13.5. The molecule has 122 valence electrons. The maximum atomic E-state index is 13.4. The standard InChI is InChI=1S/C18H17FN4O/c1-3-13-7-9-15(10-8-13)20-18(24)17-12(2)23(22-21-17)16-6-4-5-14(19)11-16/h4-11H,3H2,1-2H3,(H,20,24). The Hall–Kier alpha value is -3.02. The Labute approximate surface area is 139 Å². The van der Waals surface area contributed by atoms with E-state index < -0.39 is 0 Å². The molecule has 0 aliphatic rings. The van der Waals surface area contributed by atoms with Crippen LogP contribution in [-0.2, 0) is 6.42 Å². The van der Waals surface area contributed by atoms with E-state index in [1.165, 1.54) is 22.4 Å². The van der Waals surface area contributed by atoms with Gasteiger partial charge in [0, 0.05) is 5.69 Å². The van der Waals surface area contributed by atoms with Gasteiger partial charge in [0.25, 0.3) is 5.91 Å². The number of hydrogen-bond donors (Lipinski definition) is 1. The van der Waals surface area contributed by atoms with Crippen molar-refractivity contribution in [2.24, 2.45) is 0 Å². The lowest BCUT2D eigenvalue weighted by atomic mass is 10.1. The first kappa shape index (κ1) is 15.9. The van der Waals surface area contributed by atoms with Crippen LogP contribution in [0.2, 0.25) is 0 Å². The third-order valence-electron chi connectivity index (χ3n) is 3.78. The van der Waals surface area contributed by atoms with Crippen molar-refractivity contribution in [3.8, 4) is 5.69 Å². The fourth-order valence-electron chi connectivity index (χ4n) is 2.41. The van der Waals surface area contributed by atoms with E-state index in [0.29, 0.717) is 17.1 Å². The van der Waals surface area contributed by atoms with E-state index in [2.05, 4.69) is 22.6 Å². The number of nitrogens with one attached hydrogen (secondary N) is 1. The molecular weight excluding hydrogens is 307 g/mol. The van der Waals surface area contributed by atoms with Crippen molar-refractivity contribution in [2.45, 2.75) is 20.3 Å². The summed E-state index contributed by atoms with van der Waals surface area (Å²) < 4.78 is 14.8. The molecule has 0 atom stereocenters. The molecule has 24 heavy (non-hydrogen) atoms. The van der Waals surface area contributed by atoms with Gasteiger partial charge in [-0.2, -0.15) is 0 Å². The SMILES string of the molecule is CCc1ccc(NC(=O)c2nnn(-c3cccc(F)c3)c2C)cc1. The van der Waals surface area contributed by atoms with Gasteiger partial charge in [-0.25, -0.2) is 9.07 Å². The van der Waals surface area contributed by atoms with Crippen molar-refractivity contribution in [2.75, 3.05) is 5.32 Å². The Balaban J connectivity index is 1.83. The number of hydrogen-bond acceptors (Lipinski definition) is 3. The average Bonchev–Trinajstić information content (AvgIpc) is 2.97. The summed E-state index contributed by atoms with van der Waals surface area (Å²) in [5.41, 5.74) is 3.16. The summed E-state index contributed by atoms with van der Waals surface area (Å²) in [7, 11) is 0. The molecule has 0 spiro atoms. The number of carbonyl (C=O) groups excluding carboxylic acids is 1. The van der Waals surface area contributed by atoms with Crippen LogP contribution in [0.4, 0.5) is 10.1 Å². The molecule has 0 aliphatic carbocycles. The number of anilines is 1. The van der Waals surface area contributed by atoms with E-state index in [-0.39, 0.29) is 17.4 Å². The van der Waals surface area contributed by atoms with Crippen LogP contribution in [0, 0.1) is 12.7 Å². The van der Waals surface area contributed by atoms with Crippen LogP contribution in [0.15, 0.2) is 48.5 Å². The average molecular weight is 324 g/mol. The van der Waals surface area contributed by atoms with Gasteiger partial charge < -0.3 is 5.32 Å². The molecule has 1 N–H and O–H groups in total. The molecule has 0 saturated heterocycles. The number of halogens is 1. The van der Waals surface area contributed by atoms with Crippen LogP contribution in [0.5, 0.6) is 0 Å². The van der Waals surface area contributed by atoms with Crippen LogP contribution >= 0.6 is 0 Å². The zero-order chi connectivity index (χ0) is 17.1. The van der Waals surface area contributed by atoms with E-state index in [9.17, 15) is 9.18 Å². The molecule has 0 saturated carbocycles. The molecule has 3 aromatic rings. The van der Waals surface area contributed by atoms with E-state index in [1.54, 1.807) is 19.1 Å². The third kappa shape index (κ3) is 3.17. The highest BCUT2D eigenvalue weighted by Gasteiger charge is 2.17.